The highest BCUT2D eigenvalue weighted by molar-refractivity contribution is 5.70. The molecule has 2 aliphatic rings. The standard InChI is InChI=1S/C26H33N3O2/c1-19-9-12-21(13-10-19)28-15-17-29(18-16-28)23-14-11-20-7-5-6-8-22(20)24(23)27-25(30)31-26(2,3)4/h5-14,23-24H,15-18H2,1-4H3,(H,27,30)/t23-,24-/m1/s1. The highest BCUT2D eigenvalue weighted by atomic mass is 16.6. The van der Waals surface area contributed by atoms with Crippen LogP contribution in [0.15, 0.2) is 54.6 Å². The summed E-state index contributed by atoms with van der Waals surface area (Å²) in [4.78, 5) is 17.6. The van der Waals surface area contributed by atoms with Gasteiger partial charge in [0.05, 0.1) is 12.1 Å². The number of alkyl carbamates (subject to hydrolysis) is 1. The number of hydrogen-bond donors (Lipinski definition) is 1. The van der Waals surface area contributed by atoms with Crippen molar-refractivity contribution < 1.29 is 9.53 Å². The first-order valence-electron chi connectivity index (χ1n) is 11.1. The molecule has 0 saturated carbocycles. The first-order valence-corrected chi connectivity index (χ1v) is 11.1. The molecule has 0 unspecified atom stereocenters. The van der Waals surface area contributed by atoms with Gasteiger partial charge in [-0.15, -0.1) is 0 Å². The lowest BCUT2D eigenvalue weighted by Gasteiger charge is -2.43. The molecule has 0 radical (unpaired) electrons. The van der Waals surface area contributed by atoms with Crippen molar-refractivity contribution in [3.05, 3.63) is 71.3 Å². The second-order valence-electron chi connectivity index (χ2n) is 9.46. The molecule has 5 nitrogen and oxygen atoms in total. The topological polar surface area (TPSA) is 44.8 Å². The highest BCUT2D eigenvalue weighted by Gasteiger charge is 2.34. The lowest BCUT2D eigenvalue weighted by atomic mass is 9.88. The summed E-state index contributed by atoms with van der Waals surface area (Å²) in [6.07, 6.45) is 4.04. The van der Waals surface area contributed by atoms with Gasteiger partial charge in [0.1, 0.15) is 5.60 Å². The monoisotopic (exact) mass is 419 g/mol. The molecule has 5 heteroatoms. The molecule has 1 aliphatic heterocycles. The molecule has 1 N–H and O–H groups in total. The van der Waals surface area contributed by atoms with E-state index in [2.05, 4.69) is 70.6 Å². The van der Waals surface area contributed by atoms with E-state index in [1.54, 1.807) is 0 Å². The second-order valence-corrected chi connectivity index (χ2v) is 9.46. The third-order valence-corrected chi connectivity index (χ3v) is 5.95. The summed E-state index contributed by atoms with van der Waals surface area (Å²) in [6, 6.07) is 17.0. The summed E-state index contributed by atoms with van der Waals surface area (Å²) in [5.41, 5.74) is 4.33. The van der Waals surface area contributed by atoms with Gasteiger partial charge in [0, 0.05) is 31.9 Å². The van der Waals surface area contributed by atoms with E-state index in [9.17, 15) is 4.79 Å². The number of anilines is 1. The maximum absolute atomic E-state index is 12.6. The van der Waals surface area contributed by atoms with Crippen molar-refractivity contribution in [1.82, 2.24) is 10.2 Å². The molecule has 1 fully saturated rings. The number of ether oxygens (including phenoxy) is 1. The Morgan fingerprint density at radius 2 is 1.68 bits per heavy atom. The quantitative estimate of drug-likeness (QED) is 0.778. The smallest absolute Gasteiger partial charge is 0.408 e. The Labute approximate surface area is 185 Å². The Bertz CT molecular complexity index is 938. The molecule has 1 amide bonds. The number of carbonyl (C=O) groups excluding carboxylic acids is 1. The molecule has 164 valence electrons. The van der Waals surface area contributed by atoms with Crippen LogP contribution in [0.3, 0.4) is 0 Å². The molecular weight excluding hydrogens is 386 g/mol. The summed E-state index contributed by atoms with van der Waals surface area (Å²) in [5, 5.41) is 3.16. The van der Waals surface area contributed by atoms with Crippen LogP contribution in [-0.4, -0.2) is 48.8 Å². The van der Waals surface area contributed by atoms with Crippen LogP contribution >= 0.6 is 0 Å². The number of carbonyl (C=O) groups is 1. The minimum Gasteiger partial charge on any atom is -0.444 e. The van der Waals surface area contributed by atoms with Crippen LogP contribution in [0.2, 0.25) is 0 Å². The van der Waals surface area contributed by atoms with Crippen LogP contribution in [0.5, 0.6) is 0 Å². The Balaban J connectivity index is 1.49. The molecule has 4 rings (SSSR count). The molecule has 2 aromatic carbocycles. The zero-order chi connectivity index (χ0) is 22.0. The van der Waals surface area contributed by atoms with Gasteiger partial charge in [-0.2, -0.15) is 0 Å². The van der Waals surface area contributed by atoms with Gasteiger partial charge in [0.25, 0.3) is 0 Å². The number of nitrogens with one attached hydrogen (secondary N) is 1. The summed E-state index contributed by atoms with van der Waals surface area (Å²) in [5.74, 6) is 0. The van der Waals surface area contributed by atoms with E-state index in [4.69, 9.17) is 4.74 Å². The van der Waals surface area contributed by atoms with Gasteiger partial charge >= 0.3 is 6.09 Å². The van der Waals surface area contributed by atoms with Crippen molar-refractivity contribution in [2.45, 2.75) is 45.4 Å². The molecule has 0 bridgehead atoms. The molecule has 1 aliphatic carbocycles. The van der Waals surface area contributed by atoms with Crippen molar-refractivity contribution in [3.63, 3.8) is 0 Å². The number of aryl methyl sites for hydroxylation is 1. The Morgan fingerprint density at radius 1 is 1.00 bits per heavy atom. The van der Waals surface area contributed by atoms with Crippen LogP contribution in [0, 0.1) is 6.92 Å². The van der Waals surface area contributed by atoms with E-state index in [-0.39, 0.29) is 18.2 Å². The van der Waals surface area contributed by atoms with Crippen molar-refractivity contribution in [3.8, 4) is 0 Å². The van der Waals surface area contributed by atoms with Crippen molar-refractivity contribution in [1.29, 1.82) is 0 Å². The fourth-order valence-corrected chi connectivity index (χ4v) is 4.41. The minimum atomic E-state index is -0.525. The predicted molar refractivity (Wildman–Crippen MR) is 126 cm³/mol. The largest absolute Gasteiger partial charge is 0.444 e. The van der Waals surface area contributed by atoms with Crippen molar-refractivity contribution >= 4 is 17.9 Å². The van der Waals surface area contributed by atoms with E-state index < -0.39 is 5.60 Å². The number of benzene rings is 2. The predicted octanol–water partition coefficient (Wildman–Crippen LogP) is 4.78. The lowest BCUT2D eigenvalue weighted by Crippen LogP contribution is -2.54. The van der Waals surface area contributed by atoms with E-state index >= 15 is 0 Å². The molecule has 2 aromatic rings. The van der Waals surface area contributed by atoms with E-state index in [0.29, 0.717) is 0 Å². The summed E-state index contributed by atoms with van der Waals surface area (Å²) in [7, 11) is 0. The van der Waals surface area contributed by atoms with Crippen LogP contribution < -0.4 is 10.2 Å². The lowest BCUT2D eigenvalue weighted by molar-refractivity contribution is 0.0470. The zero-order valence-corrected chi connectivity index (χ0v) is 19.0. The average Bonchev–Trinajstić information content (AvgIpc) is 2.73. The number of rotatable bonds is 3. The fraction of sp³-hybridized carbons (Fsp3) is 0.423. The van der Waals surface area contributed by atoms with E-state index in [1.165, 1.54) is 11.3 Å². The van der Waals surface area contributed by atoms with Crippen molar-refractivity contribution in [2.24, 2.45) is 0 Å². The first-order chi connectivity index (χ1) is 14.8. The molecule has 2 atom stereocenters. The number of hydrogen-bond acceptors (Lipinski definition) is 4. The fourth-order valence-electron chi connectivity index (χ4n) is 4.41. The Morgan fingerprint density at radius 3 is 2.35 bits per heavy atom. The Hall–Kier alpha value is -2.79. The zero-order valence-electron chi connectivity index (χ0n) is 19.0. The van der Waals surface area contributed by atoms with Gasteiger partial charge in [0.2, 0.25) is 0 Å². The van der Waals surface area contributed by atoms with Crippen LogP contribution in [-0.2, 0) is 4.74 Å². The van der Waals surface area contributed by atoms with E-state index in [1.807, 2.05) is 32.9 Å². The molecule has 0 aromatic heterocycles. The third kappa shape index (κ3) is 5.10. The average molecular weight is 420 g/mol. The van der Waals surface area contributed by atoms with Gasteiger partial charge in [-0.05, 0) is 51.0 Å². The molecular formula is C26H33N3O2. The number of fused-ring (bicyclic) bond motifs is 1. The summed E-state index contributed by atoms with van der Waals surface area (Å²) >= 11 is 0. The maximum atomic E-state index is 12.6. The van der Waals surface area contributed by atoms with Gasteiger partial charge < -0.3 is 15.0 Å². The first kappa shape index (κ1) is 21.4. The maximum Gasteiger partial charge on any atom is 0.408 e. The SMILES string of the molecule is Cc1ccc(N2CCN([C@@H]3C=Cc4ccccc4[C@H]3NC(=O)OC(C)(C)C)CC2)cc1. The molecule has 0 spiro atoms. The van der Waals surface area contributed by atoms with Crippen LogP contribution in [0.1, 0.15) is 43.5 Å². The molecule has 31 heavy (non-hydrogen) atoms. The summed E-state index contributed by atoms with van der Waals surface area (Å²) < 4.78 is 5.57. The summed E-state index contributed by atoms with van der Waals surface area (Å²) in [6.45, 7) is 11.6. The van der Waals surface area contributed by atoms with Gasteiger partial charge in [-0.25, -0.2) is 4.79 Å². The van der Waals surface area contributed by atoms with E-state index in [0.717, 1.165) is 37.3 Å². The number of nitrogens with zero attached hydrogens (tertiary/aromatic N) is 2. The second kappa shape index (κ2) is 8.75. The molecule has 1 saturated heterocycles. The minimum absolute atomic E-state index is 0.0996. The van der Waals surface area contributed by atoms with Crippen LogP contribution in [0.4, 0.5) is 10.5 Å². The van der Waals surface area contributed by atoms with Crippen LogP contribution in [0.25, 0.3) is 6.08 Å². The normalized spacial score (nSPS) is 21.5. The highest BCUT2D eigenvalue weighted by Crippen LogP contribution is 2.32. The van der Waals surface area contributed by atoms with Crippen molar-refractivity contribution in [2.75, 3.05) is 31.1 Å². The van der Waals surface area contributed by atoms with Gasteiger partial charge in [-0.1, -0.05) is 54.1 Å². The van der Waals surface area contributed by atoms with Gasteiger partial charge in [-0.3, -0.25) is 4.90 Å². The third-order valence-electron chi connectivity index (χ3n) is 5.95. The Kier molecular flexibility index (Phi) is 6.05. The number of piperazine rings is 1. The molecule has 1 heterocycles. The number of amides is 1. The van der Waals surface area contributed by atoms with Gasteiger partial charge in [0.15, 0.2) is 0 Å².